The van der Waals surface area contributed by atoms with Crippen molar-refractivity contribution >= 4 is 45.1 Å². The minimum Gasteiger partial charge on any atom is -0.317 e. The monoisotopic (exact) mass is 345 g/mol. The second-order valence-corrected chi connectivity index (χ2v) is 6.39. The smallest absolute Gasteiger partial charge is 0.292 e. The largest absolute Gasteiger partial charge is 0.317 e. The molecule has 0 bridgehead atoms. The zero-order valence-electron chi connectivity index (χ0n) is 13.0. The highest BCUT2D eigenvalue weighted by atomic mass is 35.5. The Kier molecular flexibility index (Phi) is 2.96. The van der Waals surface area contributed by atoms with Crippen LogP contribution in [0.25, 0.3) is 33.5 Å². The Morgan fingerprint density at radius 1 is 1.08 bits per heavy atom. The third-order valence-corrected chi connectivity index (χ3v) is 4.70. The summed E-state index contributed by atoms with van der Waals surface area (Å²) in [5.41, 5.74) is 2.96. The number of hydrogen-bond donors (Lipinski definition) is 1. The highest BCUT2D eigenvalue weighted by molar-refractivity contribution is 6.32. The van der Waals surface area contributed by atoms with Crippen LogP contribution in [-0.2, 0) is 0 Å². The highest BCUT2D eigenvalue weighted by Crippen LogP contribution is 2.25. The summed E-state index contributed by atoms with van der Waals surface area (Å²) in [6.07, 6.45) is 5.58. The van der Waals surface area contributed by atoms with Crippen LogP contribution in [0.3, 0.4) is 0 Å². The molecule has 0 radical (unpaired) electrons. The molecule has 3 aromatic carbocycles. The van der Waals surface area contributed by atoms with Crippen LogP contribution >= 0.6 is 11.6 Å². The number of rotatable bonds is 1. The lowest BCUT2D eigenvalue weighted by atomic mass is 10.1. The van der Waals surface area contributed by atoms with Gasteiger partial charge in [0.1, 0.15) is 0 Å². The third kappa shape index (κ3) is 2.08. The van der Waals surface area contributed by atoms with Gasteiger partial charge in [-0.1, -0.05) is 48.0 Å². The van der Waals surface area contributed by atoms with E-state index < -0.39 is 0 Å². The van der Waals surface area contributed by atoms with Crippen LogP contribution in [0.15, 0.2) is 65.7 Å². The number of halogens is 1. The highest BCUT2D eigenvalue weighted by Gasteiger charge is 2.14. The molecule has 5 rings (SSSR count). The number of imidazole rings is 1. The molecule has 0 saturated heterocycles. The maximum absolute atomic E-state index is 12.4. The predicted molar refractivity (Wildman–Crippen MR) is 101 cm³/mol. The Hall–Kier alpha value is -3.11. The number of aromatic nitrogens is 3. The van der Waals surface area contributed by atoms with Crippen molar-refractivity contribution < 1.29 is 0 Å². The summed E-state index contributed by atoms with van der Waals surface area (Å²) in [7, 11) is 0. The molecule has 0 unspecified atom stereocenters. The van der Waals surface area contributed by atoms with Crippen molar-refractivity contribution in [1.82, 2.24) is 14.4 Å². The molecule has 5 aromatic rings. The van der Waals surface area contributed by atoms with E-state index in [0.29, 0.717) is 10.7 Å². The second-order valence-electron chi connectivity index (χ2n) is 5.96. The summed E-state index contributed by atoms with van der Waals surface area (Å²) in [6.45, 7) is 0. The number of fused-ring (bicyclic) bond motifs is 5. The summed E-state index contributed by atoms with van der Waals surface area (Å²) < 4.78 is 1.84. The number of H-pyrrole nitrogens is 1. The molecule has 0 amide bonds. The van der Waals surface area contributed by atoms with Crippen LogP contribution in [0.1, 0.15) is 5.56 Å². The molecule has 5 heteroatoms. The molecule has 0 aliphatic carbocycles. The van der Waals surface area contributed by atoms with Gasteiger partial charge in [0.25, 0.3) is 5.56 Å². The molecule has 2 heterocycles. The maximum Gasteiger partial charge on any atom is 0.292 e. The topological polar surface area (TPSA) is 50.2 Å². The summed E-state index contributed by atoms with van der Waals surface area (Å²) in [5.74, 6) is 0. The molecule has 120 valence electrons. The van der Waals surface area contributed by atoms with Gasteiger partial charge in [0.15, 0.2) is 0 Å². The van der Waals surface area contributed by atoms with Crippen molar-refractivity contribution in [2.45, 2.75) is 0 Å². The van der Waals surface area contributed by atoms with Gasteiger partial charge < -0.3 is 4.98 Å². The number of hydrogen-bond acceptors (Lipinski definition) is 2. The van der Waals surface area contributed by atoms with Crippen LogP contribution in [0.5, 0.6) is 0 Å². The van der Waals surface area contributed by atoms with Gasteiger partial charge in [-0.05, 0) is 29.2 Å². The van der Waals surface area contributed by atoms with Crippen LogP contribution in [-0.4, -0.2) is 14.4 Å². The molecule has 0 atom stereocenters. The van der Waals surface area contributed by atoms with Gasteiger partial charge in [0.2, 0.25) is 5.65 Å². The molecule has 0 spiro atoms. The van der Waals surface area contributed by atoms with E-state index in [0.717, 1.165) is 32.6 Å². The predicted octanol–water partition coefficient (Wildman–Crippen LogP) is 3.53. The maximum atomic E-state index is 12.4. The van der Waals surface area contributed by atoms with Crippen molar-refractivity contribution in [3.63, 3.8) is 0 Å². The lowest BCUT2D eigenvalue weighted by molar-refractivity contribution is 1.17. The van der Waals surface area contributed by atoms with E-state index in [1.54, 1.807) is 6.20 Å². The molecule has 0 aliphatic rings. The van der Waals surface area contributed by atoms with Crippen molar-refractivity contribution in [1.29, 1.82) is 0 Å². The first-order valence-electron chi connectivity index (χ1n) is 7.89. The molecule has 4 nitrogen and oxygen atoms in total. The van der Waals surface area contributed by atoms with Crippen LogP contribution in [0.4, 0.5) is 0 Å². The number of nitrogens with one attached hydrogen (secondary N) is 1. The SMILES string of the molecule is O=c1[nH]c2c3cc(Cl)ccc3c(=Cc3ccccc3)c2n2ccnc12. The van der Waals surface area contributed by atoms with Crippen molar-refractivity contribution in [2.24, 2.45) is 0 Å². The average Bonchev–Trinajstić information content (AvgIpc) is 3.20. The molecular weight excluding hydrogens is 334 g/mol. The summed E-state index contributed by atoms with van der Waals surface area (Å²) in [4.78, 5) is 19.5. The molecule has 0 saturated carbocycles. The second kappa shape index (κ2) is 5.19. The molecule has 25 heavy (non-hydrogen) atoms. The summed E-state index contributed by atoms with van der Waals surface area (Å²) in [5, 5.41) is 3.64. The van der Waals surface area contributed by atoms with Gasteiger partial charge >= 0.3 is 0 Å². The lowest BCUT2D eigenvalue weighted by Crippen LogP contribution is -2.13. The fraction of sp³-hybridized carbons (Fsp3) is 0. The van der Waals surface area contributed by atoms with Crippen LogP contribution in [0.2, 0.25) is 5.02 Å². The van der Waals surface area contributed by atoms with Gasteiger partial charge in [0.05, 0.1) is 11.0 Å². The number of benzene rings is 2. The van der Waals surface area contributed by atoms with Crippen LogP contribution in [0, 0.1) is 0 Å². The van der Waals surface area contributed by atoms with E-state index in [1.165, 1.54) is 0 Å². The van der Waals surface area contributed by atoms with E-state index in [9.17, 15) is 4.79 Å². The minimum absolute atomic E-state index is 0.212. The Balaban J connectivity index is 2.09. The molecule has 0 aliphatic heterocycles. The van der Waals surface area contributed by atoms with Gasteiger partial charge in [-0.2, -0.15) is 0 Å². The Morgan fingerprint density at radius 3 is 2.76 bits per heavy atom. The molecule has 2 aromatic heterocycles. The lowest BCUT2D eigenvalue weighted by Gasteiger charge is -1.98. The fourth-order valence-electron chi connectivity index (χ4n) is 3.41. The van der Waals surface area contributed by atoms with Crippen molar-refractivity contribution in [3.8, 4) is 0 Å². The normalized spacial score (nSPS) is 12.6. The summed E-state index contributed by atoms with van der Waals surface area (Å²) in [6, 6.07) is 15.9. The average molecular weight is 346 g/mol. The third-order valence-electron chi connectivity index (χ3n) is 4.47. The van der Waals surface area contributed by atoms with Gasteiger partial charge in [-0.15, -0.1) is 0 Å². The summed E-state index contributed by atoms with van der Waals surface area (Å²) >= 11 is 6.20. The van der Waals surface area contributed by atoms with E-state index in [1.807, 2.05) is 47.0 Å². The standard InChI is InChI=1S/C20H12ClN3O/c21-13-6-7-14-15(11-13)17-18(16(14)10-12-4-2-1-3-5-12)24-9-8-22-19(24)20(25)23-17/h1-11H,(H,23,25). The zero-order valence-corrected chi connectivity index (χ0v) is 13.8. The van der Waals surface area contributed by atoms with E-state index in [2.05, 4.69) is 28.2 Å². The van der Waals surface area contributed by atoms with Gasteiger partial charge in [0, 0.05) is 28.0 Å². The molecule has 1 N–H and O–H groups in total. The minimum atomic E-state index is -0.212. The quantitative estimate of drug-likeness (QED) is 0.505. The van der Waals surface area contributed by atoms with Gasteiger partial charge in [-0.3, -0.25) is 9.20 Å². The number of aromatic amines is 1. The zero-order chi connectivity index (χ0) is 17.0. The van der Waals surface area contributed by atoms with E-state index >= 15 is 0 Å². The Morgan fingerprint density at radius 2 is 1.92 bits per heavy atom. The van der Waals surface area contributed by atoms with Crippen LogP contribution < -0.4 is 10.8 Å². The van der Waals surface area contributed by atoms with Crippen molar-refractivity contribution in [2.75, 3.05) is 0 Å². The Bertz CT molecular complexity index is 1370. The first-order valence-corrected chi connectivity index (χ1v) is 8.27. The van der Waals surface area contributed by atoms with E-state index in [-0.39, 0.29) is 5.56 Å². The van der Waals surface area contributed by atoms with E-state index in [4.69, 9.17) is 11.6 Å². The Labute approximate surface area is 147 Å². The van der Waals surface area contributed by atoms with Gasteiger partial charge in [-0.25, -0.2) is 4.98 Å². The molecule has 0 fully saturated rings. The van der Waals surface area contributed by atoms with Crippen molar-refractivity contribution in [3.05, 3.63) is 87.1 Å². The first-order chi connectivity index (χ1) is 12.2. The fourth-order valence-corrected chi connectivity index (χ4v) is 3.58. The first kappa shape index (κ1) is 14.3. The molecular formula is C20H12ClN3O. The number of nitrogens with zero attached hydrogens (tertiary/aromatic N) is 2.